The van der Waals surface area contributed by atoms with Crippen molar-refractivity contribution in [1.29, 1.82) is 0 Å². The molecule has 0 unspecified atom stereocenters. The molecule has 1 rings (SSSR count). The number of carbonyl (C=O) groups is 1. The topological polar surface area (TPSA) is 55.8 Å². The minimum atomic E-state index is -0.287. The summed E-state index contributed by atoms with van der Waals surface area (Å²) in [5, 5.41) is 12.2. The Balaban J connectivity index is 2.33. The van der Waals surface area contributed by atoms with Crippen LogP contribution in [0.1, 0.15) is 13.8 Å². The number of nitrogens with one attached hydrogen (secondary N) is 1. The molecule has 5 heteroatoms. The number of hydrogen-bond acceptors (Lipinski definition) is 4. The van der Waals surface area contributed by atoms with Crippen LogP contribution >= 0.6 is 0 Å². The molecule has 0 aromatic carbocycles. The van der Waals surface area contributed by atoms with Gasteiger partial charge in [-0.3, -0.25) is 14.6 Å². The lowest BCUT2D eigenvalue weighted by molar-refractivity contribution is -0.126. The number of nitrogens with zero attached hydrogens (tertiary/aromatic N) is 2. The molecule has 0 saturated carbocycles. The van der Waals surface area contributed by atoms with E-state index in [9.17, 15) is 9.90 Å². The first kappa shape index (κ1) is 15.1. The van der Waals surface area contributed by atoms with Crippen molar-refractivity contribution in [1.82, 2.24) is 15.1 Å². The lowest BCUT2D eigenvalue weighted by Gasteiger charge is -2.37. The maximum atomic E-state index is 11.8. The molecule has 0 aliphatic carbocycles. The van der Waals surface area contributed by atoms with E-state index in [4.69, 9.17) is 0 Å². The molecular formula is C13H25N3O2. The summed E-state index contributed by atoms with van der Waals surface area (Å²) in [7, 11) is 0. The van der Waals surface area contributed by atoms with Gasteiger partial charge in [0.15, 0.2) is 0 Å². The van der Waals surface area contributed by atoms with E-state index in [-0.39, 0.29) is 18.1 Å². The molecule has 18 heavy (non-hydrogen) atoms. The Morgan fingerprint density at radius 3 is 2.50 bits per heavy atom. The van der Waals surface area contributed by atoms with Gasteiger partial charge in [-0.1, -0.05) is 6.08 Å². The summed E-state index contributed by atoms with van der Waals surface area (Å²) in [6, 6.07) is -0.0985. The maximum absolute atomic E-state index is 11.8. The van der Waals surface area contributed by atoms with Gasteiger partial charge in [0.25, 0.3) is 0 Å². The summed E-state index contributed by atoms with van der Waals surface area (Å²) < 4.78 is 0. The van der Waals surface area contributed by atoms with Crippen LogP contribution in [0.15, 0.2) is 12.7 Å². The van der Waals surface area contributed by atoms with Gasteiger partial charge in [0.1, 0.15) is 0 Å². The van der Waals surface area contributed by atoms with Crippen molar-refractivity contribution in [2.45, 2.75) is 26.0 Å². The third kappa shape index (κ3) is 4.76. The highest BCUT2D eigenvalue weighted by atomic mass is 16.3. The molecule has 0 aromatic heterocycles. The van der Waals surface area contributed by atoms with Gasteiger partial charge in [0, 0.05) is 39.3 Å². The van der Waals surface area contributed by atoms with Crippen molar-refractivity contribution in [3.05, 3.63) is 12.7 Å². The minimum Gasteiger partial charge on any atom is -0.392 e. The molecule has 0 spiro atoms. The molecule has 2 N–H and O–H groups in total. The van der Waals surface area contributed by atoms with Gasteiger partial charge in [-0.2, -0.15) is 0 Å². The zero-order valence-electron chi connectivity index (χ0n) is 11.4. The van der Waals surface area contributed by atoms with Crippen molar-refractivity contribution in [2.24, 2.45) is 0 Å². The summed E-state index contributed by atoms with van der Waals surface area (Å²) in [6.45, 7) is 12.1. The number of aliphatic hydroxyl groups is 1. The van der Waals surface area contributed by atoms with Crippen LogP contribution < -0.4 is 5.32 Å². The lowest BCUT2D eigenvalue weighted by atomic mass is 10.2. The average molecular weight is 255 g/mol. The van der Waals surface area contributed by atoms with Crippen LogP contribution in [0.4, 0.5) is 0 Å². The highest BCUT2D eigenvalue weighted by Crippen LogP contribution is 2.07. The number of rotatable bonds is 6. The standard InChI is InChI=1S/C13H25N3O2/c1-4-5-14-13(18)12(3)16-8-6-15(7-9-16)10-11(2)17/h4,11-12,17H,1,5-10H2,2-3H3,(H,14,18)/t11-,12+/m1/s1. The summed E-state index contributed by atoms with van der Waals surface area (Å²) in [5.74, 6) is 0.0545. The summed E-state index contributed by atoms with van der Waals surface area (Å²) in [4.78, 5) is 16.2. The second kappa shape index (κ2) is 7.51. The van der Waals surface area contributed by atoms with Crippen molar-refractivity contribution < 1.29 is 9.90 Å². The first-order chi connectivity index (χ1) is 8.54. The molecule has 1 fully saturated rings. The molecule has 1 saturated heterocycles. The first-order valence-electron chi connectivity index (χ1n) is 6.57. The first-order valence-corrected chi connectivity index (χ1v) is 6.57. The van der Waals surface area contributed by atoms with Crippen LogP contribution in [-0.2, 0) is 4.79 Å². The Morgan fingerprint density at radius 2 is 2.00 bits per heavy atom. The van der Waals surface area contributed by atoms with E-state index in [1.807, 2.05) is 6.92 Å². The van der Waals surface area contributed by atoms with E-state index in [1.165, 1.54) is 0 Å². The van der Waals surface area contributed by atoms with E-state index < -0.39 is 0 Å². The van der Waals surface area contributed by atoms with Gasteiger partial charge < -0.3 is 10.4 Å². The zero-order chi connectivity index (χ0) is 13.5. The van der Waals surface area contributed by atoms with Crippen molar-refractivity contribution >= 4 is 5.91 Å². The SMILES string of the molecule is C=CCNC(=O)[C@H](C)N1CCN(C[C@@H](C)O)CC1. The average Bonchev–Trinajstić information content (AvgIpc) is 2.35. The van der Waals surface area contributed by atoms with Crippen LogP contribution in [0.25, 0.3) is 0 Å². The van der Waals surface area contributed by atoms with Crippen molar-refractivity contribution in [3.8, 4) is 0 Å². The smallest absolute Gasteiger partial charge is 0.237 e. The van der Waals surface area contributed by atoms with Gasteiger partial charge in [0.05, 0.1) is 12.1 Å². The highest BCUT2D eigenvalue weighted by Gasteiger charge is 2.25. The summed E-state index contributed by atoms with van der Waals surface area (Å²) in [6.07, 6.45) is 1.40. The van der Waals surface area contributed by atoms with Crippen LogP contribution in [-0.4, -0.2) is 72.2 Å². The van der Waals surface area contributed by atoms with Gasteiger partial charge in [-0.25, -0.2) is 0 Å². The normalized spacial score (nSPS) is 21.3. The van der Waals surface area contributed by atoms with Gasteiger partial charge in [0.2, 0.25) is 5.91 Å². The number of carbonyl (C=O) groups excluding carboxylic acids is 1. The Labute approximate surface area is 109 Å². The number of piperazine rings is 1. The Kier molecular flexibility index (Phi) is 6.32. The molecule has 2 atom stereocenters. The monoisotopic (exact) mass is 255 g/mol. The number of amides is 1. The van der Waals surface area contributed by atoms with Gasteiger partial charge in [-0.05, 0) is 13.8 Å². The summed E-state index contributed by atoms with van der Waals surface area (Å²) >= 11 is 0. The predicted molar refractivity (Wildman–Crippen MR) is 72.4 cm³/mol. The van der Waals surface area contributed by atoms with Crippen LogP contribution in [0, 0.1) is 0 Å². The molecule has 0 radical (unpaired) electrons. The third-order valence-corrected chi connectivity index (χ3v) is 3.28. The molecule has 1 aliphatic rings. The van der Waals surface area contributed by atoms with E-state index in [0.29, 0.717) is 13.1 Å². The quantitative estimate of drug-likeness (QED) is 0.639. The number of aliphatic hydroxyl groups excluding tert-OH is 1. The van der Waals surface area contributed by atoms with Crippen LogP contribution in [0.3, 0.4) is 0 Å². The second-order valence-corrected chi connectivity index (χ2v) is 4.90. The molecule has 104 valence electrons. The predicted octanol–water partition coefficient (Wildman–Crippen LogP) is -0.324. The lowest BCUT2D eigenvalue weighted by Crippen LogP contribution is -2.54. The second-order valence-electron chi connectivity index (χ2n) is 4.90. The fourth-order valence-corrected chi connectivity index (χ4v) is 2.19. The molecule has 1 aliphatic heterocycles. The van der Waals surface area contributed by atoms with Gasteiger partial charge >= 0.3 is 0 Å². The maximum Gasteiger partial charge on any atom is 0.237 e. The van der Waals surface area contributed by atoms with Crippen LogP contribution in [0.2, 0.25) is 0 Å². The third-order valence-electron chi connectivity index (χ3n) is 3.28. The molecular weight excluding hydrogens is 230 g/mol. The van der Waals surface area contributed by atoms with Gasteiger partial charge in [-0.15, -0.1) is 6.58 Å². The number of hydrogen-bond donors (Lipinski definition) is 2. The fraction of sp³-hybridized carbons (Fsp3) is 0.769. The van der Waals surface area contributed by atoms with E-state index in [0.717, 1.165) is 26.2 Å². The molecule has 0 bridgehead atoms. The van der Waals surface area contributed by atoms with Crippen molar-refractivity contribution in [2.75, 3.05) is 39.3 Å². The molecule has 1 heterocycles. The van der Waals surface area contributed by atoms with E-state index in [1.54, 1.807) is 13.0 Å². The highest BCUT2D eigenvalue weighted by molar-refractivity contribution is 5.81. The zero-order valence-corrected chi connectivity index (χ0v) is 11.4. The number of β-amino-alcohol motifs (C(OH)–C–C–N with tert-alkyl or cyclic N) is 1. The molecule has 5 nitrogen and oxygen atoms in total. The van der Waals surface area contributed by atoms with E-state index in [2.05, 4.69) is 21.7 Å². The van der Waals surface area contributed by atoms with E-state index >= 15 is 0 Å². The Bertz CT molecular complexity index is 273. The molecule has 1 amide bonds. The minimum absolute atomic E-state index is 0.0545. The van der Waals surface area contributed by atoms with Crippen molar-refractivity contribution in [3.63, 3.8) is 0 Å². The Hall–Kier alpha value is -0.910. The van der Waals surface area contributed by atoms with Crippen LogP contribution in [0.5, 0.6) is 0 Å². The molecule has 0 aromatic rings. The summed E-state index contributed by atoms with van der Waals surface area (Å²) in [5.41, 5.74) is 0. The Morgan fingerprint density at radius 1 is 1.39 bits per heavy atom. The fourth-order valence-electron chi connectivity index (χ4n) is 2.19. The largest absolute Gasteiger partial charge is 0.392 e.